The molecule has 6 heteroatoms. The van der Waals surface area contributed by atoms with E-state index in [9.17, 15) is 4.79 Å². The van der Waals surface area contributed by atoms with Crippen LogP contribution in [-0.2, 0) is 29.0 Å². The molecule has 0 aliphatic carbocycles. The van der Waals surface area contributed by atoms with Crippen LogP contribution in [0.15, 0.2) is 24.3 Å². The van der Waals surface area contributed by atoms with Crippen molar-refractivity contribution in [2.75, 3.05) is 19.8 Å². The zero-order valence-electron chi connectivity index (χ0n) is 15.0. The summed E-state index contributed by atoms with van der Waals surface area (Å²) in [5, 5.41) is 0. The topological polar surface area (TPSA) is 54.0 Å². The fourth-order valence-corrected chi connectivity index (χ4v) is 2.92. The van der Waals surface area contributed by atoms with E-state index in [1.807, 2.05) is 58.9 Å². The Morgan fingerprint density at radius 1 is 1.08 bits per heavy atom. The Bertz CT molecular complexity index is 603. The second-order valence-corrected chi connectivity index (χ2v) is 7.51. The van der Waals surface area contributed by atoms with Gasteiger partial charge in [0.25, 0.3) is 0 Å². The zero-order chi connectivity index (χ0) is 17.6. The standard InChI is InChI=1S/C18H25BO5/c1-6-22-15(20)18(11-21-12-18)13-7-9-14(10-8-13)19-23-16(2,3)17(4,5)24-19/h7-10H,6,11-12H2,1-5H3. The molecule has 2 fully saturated rings. The molecule has 0 saturated carbocycles. The lowest BCUT2D eigenvalue weighted by molar-refractivity contribution is -0.169. The Morgan fingerprint density at radius 3 is 2.04 bits per heavy atom. The lowest BCUT2D eigenvalue weighted by atomic mass is 9.74. The molecule has 0 spiro atoms. The summed E-state index contributed by atoms with van der Waals surface area (Å²) in [6.45, 7) is 11.0. The number of carbonyl (C=O) groups excluding carboxylic acids is 1. The molecule has 0 aromatic heterocycles. The molecule has 2 aliphatic heterocycles. The maximum absolute atomic E-state index is 12.3. The number of hydrogen-bond acceptors (Lipinski definition) is 5. The van der Waals surface area contributed by atoms with E-state index in [4.69, 9.17) is 18.8 Å². The highest BCUT2D eigenvalue weighted by Gasteiger charge is 2.52. The third-order valence-electron chi connectivity index (χ3n) is 5.35. The van der Waals surface area contributed by atoms with Gasteiger partial charge in [-0.1, -0.05) is 24.3 Å². The molecule has 0 radical (unpaired) electrons. The molecule has 3 rings (SSSR count). The second kappa shape index (κ2) is 5.86. The van der Waals surface area contributed by atoms with Gasteiger partial charge in [0.1, 0.15) is 5.41 Å². The predicted octanol–water partition coefficient (Wildman–Crippen LogP) is 1.82. The van der Waals surface area contributed by atoms with Gasteiger partial charge in [-0.2, -0.15) is 0 Å². The van der Waals surface area contributed by atoms with Gasteiger partial charge in [0.15, 0.2) is 0 Å². The fraction of sp³-hybridized carbons (Fsp3) is 0.611. The molecule has 130 valence electrons. The third kappa shape index (κ3) is 2.67. The van der Waals surface area contributed by atoms with Crippen LogP contribution in [0.1, 0.15) is 40.2 Å². The molecule has 1 aromatic rings. The number of rotatable bonds is 4. The van der Waals surface area contributed by atoms with Gasteiger partial charge in [-0.25, -0.2) is 0 Å². The molecule has 0 bridgehead atoms. The van der Waals surface area contributed by atoms with Crippen molar-refractivity contribution in [2.24, 2.45) is 0 Å². The largest absolute Gasteiger partial charge is 0.494 e. The number of hydrogen-bond donors (Lipinski definition) is 0. The molecule has 0 unspecified atom stereocenters. The van der Waals surface area contributed by atoms with E-state index in [1.54, 1.807) is 0 Å². The smallest absolute Gasteiger partial charge is 0.465 e. The van der Waals surface area contributed by atoms with Crippen LogP contribution in [0.2, 0.25) is 0 Å². The van der Waals surface area contributed by atoms with Crippen LogP contribution >= 0.6 is 0 Å². The van der Waals surface area contributed by atoms with E-state index >= 15 is 0 Å². The summed E-state index contributed by atoms with van der Waals surface area (Å²) in [6, 6.07) is 7.80. The first-order chi connectivity index (χ1) is 11.2. The predicted molar refractivity (Wildman–Crippen MR) is 91.3 cm³/mol. The van der Waals surface area contributed by atoms with Crippen LogP contribution in [0.3, 0.4) is 0 Å². The van der Waals surface area contributed by atoms with Crippen molar-refractivity contribution in [3.8, 4) is 0 Å². The average molecular weight is 332 g/mol. The van der Waals surface area contributed by atoms with Crippen LogP contribution in [0.4, 0.5) is 0 Å². The van der Waals surface area contributed by atoms with E-state index in [-0.39, 0.29) is 17.2 Å². The normalized spacial score (nSPS) is 23.6. The Morgan fingerprint density at radius 2 is 1.62 bits per heavy atom. The first-order valence-corrected chi connectivity index (χ1v) is 8.43. The van der Waals surface area contributed by atoms with E-state index in [0.29, 0.717) is 19.8 Å². The summed E-state index contributed by atoms with van der Waals surface area (Å²) in [5.41, 5.74) is 0.433. The van der Waals surface area contributed by atoms with E-state index in [2.05, 4.69) is 0 Å². The third-order valence-corrected chi connectivity index (χ3v) is 5.35. The van der Waals surface area contributed by atoms with Crippen LogP contribution in [0, 0.1) is 0 Å². The fourth-order valence-electron chi connectivity index (χ4n) is 2.92. The Balaban J connectivity index is 1.80. The summed E-state index contributed by atoms with van der Waals surface area (Å²) in [5.74, 6) is -0.223. The molecule has 24 heavy (non-hydrogen) atoms. The molecule has 1 aromatic carbocycles. The van der Waals surface area contributed by atoms with Crippen molar-refractivity contribution in [1.82, 2.24) is 0 Å². The van der Waals surface area contributed by atoms with E-state index in [1.165, 1.54) is 0 Å². The molecular formula is C18H25BO5. The van der Waals surface area contributed by atoms with Crippen molar-refractivity contribution in [1.29, 1.82) is 0 Å². The lowest BCUT2D eigenvalue weighted by Gasteiger charge is -2.39. The summed E-state index contributed by atoms with van der Waals surface area (Å²) < 4.78 is 22.6. The summed E-state index contributed by atoms with van der Waals surface area (Å²) in [6.07, 6.45) is 0. The van der Waals surface area contributed by atoms with Gasteiger partial charge in [-0.3, -0.25) is 4.79 Å². The maximum atomic E-state index is 12.3. The first-order valence-electron chi connectivity index (χ1n) is 8.43. The number of ether oxygens (including phenoxy) is 2. The van der Waals surface area contributed by atoms with Gasteiger partial charge in [0.2, 0.25) is 0 Å². The molecule has 2 heterocycles. The van der Waals surface area contributed by atoms with Crippen LogP contribution in [0.5, 0.6) is 0 Å². The van der Waals surface area contributed by atoms with Gasteiger partial charge in [0, 0.05) is 0 Å². The van der Waals surface area contributed by atoms with Crippen molar-refractivity contribution in [2.45, 2.75) is 51.2 Å². The van der Waals surface area contributed by atoms with Gasteiger partial charge in [-0.15, -0.1) is 0 Å². The minimum Gasteiger partial charge on any atom is -0.465 e. The van der Waals surface area contributed by atoms with Gasteiger partial charge >= 0.3 is 13.1 Å². The maximum Gasteiger partial charge on any atom is 0.494 e. The highest BCUT2D eigenvalue weighted by molar-refractivity contribution is 6.62. The molecule has 2 aliphatic rings. The summed E-state index contributed by atoms with van der Waals surface area (Å²) in [4.78, 5) is 12.3. The molecule has 5 nitrogen and oxygen atoms in total. The lowest BCUT2D eigenvalue weighted by Crippen LogP contribution is -2.54. The Kier molecular flexibility index (Phi) is 4.27. The average Bonchev–Trinajstić information content (AvgIpc) is 2.67. The molecule has 2 saturated heterocycles. The second-order valence-electron chi connectivity index (χ2n) is 7.51. The molecule has 0 N–H and O–H groups in total. The van der Waals surface area contributed by atoms with Gasteiger partial charge in [-0.05, 0) is 45.6 Å². The Hall–Kier alpha value is -1.37. The van der Waals surface area contributed by atoms with Gasteiger partial charge < -0.3 is 18.8 Å². The van der Waals surface area contributed by atoms with Crippen LogP contribution < -0.4 is 5.46 Å². The van der Waals surface area contributed by atoms with Crippen molar-refractivity contribution < 1.29 is 23.6 Å². The number of benzene rings is 1. The molecular weight excluding hydrogens is 307 g/mol. The Labute approximate surface area is 143 Å². The monoisotopic (exact) mass is 332 g/mol. The van der Waals surface area contributed by atoms with Crippen molar-refractivity contribution in [3.63, 3.8) is 0 Å². The minimum absolute atomic E-state index is 0.223. The highest BCUT2D eigenvalue weighted by atomic mass is 16.7. The minimum atomic E-state index is -0.676. The molecule has 0 atom stereocenters. The van der Waals surface area contributed by atoms with Crippen molar-refractivity contribution in [3.05, 3.63) is 29.8 Å². The number of carbonyl (C=O) groups is 1. The van der Waals surface area contributed by atoms with Gasteiger partial charge in [0.05, 0.1) is 31.0 Å². The SMILES string of the molecule is CCOC(=O)C1(c2ccc(B3OC(C)(C)C(C)(C)O3)cc2)COC1. The summed E-state index contributed by atoms with van der Waals surface area (Å²) in [7, 11) is -0.403. The van der Waals surface area contributed by atoms with Crippen LogP contribution in [0.25, 0.3) is 0 Å². The summed E-state index contributed by atoms with van der Waals surface area (Å²) >= 11 is 0. The highest BCUT2D eigenvalue weighted by Crippen LogP contribution is 2.37. The van der Waals surface area contributed by atoms with Crippen molar-refractivity contribution >= 4 is 18.6 Å². The van der Waals surface area contributed by atoms with E-state index in [0.717, 1.165) is 11.0 Å². The van der Waals surface area contributed by atoms with Crippen LogP contribution in [-0.4, -0.2) is 44.1 Å². The molecule has 0 amide bonds. The number of esters is 1. The first kappa shape index (κ1) is 17.5. The quantitative estimate of drug-likeness (QED) is 0.622. The zero-order valence-corrected chi connectivity index (χ0v) is 15.0. The van der Waals surface area contributed by atoms with E-state index < -0.39 is 12.5 Å².